The van der Waals surface area contributed by atoms with Crippen molar-refractivity contribution in [1.82, 2.24) is 15.3 Å². The number of carbonyl (C=O) groups excluding carboxylic acids is 1. The van der Waals surface area contributed by atoms with Crippen LogP contribution in [0.2, 0.25) is 0 Å². The van der Waals surface area contributed by atoms with E-state index in [1.54, 1.807) is 12.3 Å². The summed E-state index contributed by atoms with van der Waals surface area (Å²) < 4.78 is 0. The second kappa shape index (κ2) is 6.18. The third-order valence-corrected chi connectivity index (χ3v) is 1.98. The number of carbonyl (C=O) groups is 1. The zero-order chi connectivity index (χ0) is 12.8. The van der Waals surface area contributed by atoms with E-state index in [-0.39, 0.29) is 11.9 Å². The predicted molar refractivity (Wildman–Crippen MR) is 68.0 cm³/mol. The highest BCUT2D eigenvalue weighted by atomic mass is 16.1. The van der Waals surface area contributed by atoms with E-state index in [0.29, 0.717) is 24.1 Å². The molecule has 1 rings (SSSR count). The topological polar surface area (TPSA) is 66.9 Å². The first-order chi connectivity index (χ1) is 7.99. The predicted octanol–water partition coefficient (Wildman–Crippen LogP) is 1.68. The molecule has 1 aromatic heterocycles. The van der Waals surface area contributed by atoms with E-state index < -0.39 is 0 Å². The Kier molecular flexibility index (Phi) is 4.87. The van der Waals surface area contributed by atoms with Crippen molar-refractivity contribution in [3.8, 4) is 0 Å². The van der Waals surface area contributed by atoms with Crippen molar-refractivity contribution in [2.24, 2.45) is 5.92 Å². The summed E-state index contributed by atoms with van der Waals surface area (Å²) in [7, 11) is 0. The molecule has 0 saturated heterocycles. The van der Waals surface area contributed by atoms with Crippen LogP contribution < -0.4 is 10.6 Å². The van der Waals surface area contributed by atoms with E-state index >= 15 is 0 Å². The van der Waals surface area contributed by atoms with Crippen molar-refractivity contribution in [2.45, 2.75) is 33.7 Å². The van der Waals surface area contributed by atoms with Crippen LogP contribution in [0.1, 0.15) is 38.2 Å². The molecule has 17 heavy (non-hydrogen) atoms. The molecule has 0 aliphatic heterocycles. The molecule has 1 heterocycles. The Bertz CT molecular complexity index is 377. The fourth-order valence-corrected chi connectivity index (χ4v) is 1.20. The third-order valence-electron chi connectivity index (χ3n) is 1.98. The summed E-state index contributed by atoms with van der Waals surface area (Å²) in [5.41, 5.74) is 0.392. The van der Waals surface area contributed by atoms with Gasteiger partial charge in [-0.1, -0.05) is 13.8 Å². The van der Waals surface area contributed by atoms with Crippen molar-refractivity contribution < 1.29 is 4.79 Å². The van der Waals surface area contributed by atoms with Gasteiger partial charge in [-0.3, -0.25) is 4.79 Å². The van der Waals surface area contributed by atoms with Crippen LogP contribution in [0.15, 0.2) is 12.3 Å². The number of nitrogens with one attached hydrogen (secondary N) is 2. The summed E-state index contributed by atoms with van der Waals surface area (Å²) in [4.78, 5) is 20.0. The van der Waals surface area contributed by atoms with Gasteiger partial charge in [0.25, 0.3) is 5.91 Å². The summed E-state index contributed by atoms with van der Waals surface area (Å²) in [5, 5.41) is 5.88. The second-order valence-corrected chi connectivity index (χ2v) is 4.67. The first-order valence-electron chi connectivity index (χ1n) is 5.87. The Morgan fingerprint density at radius 1 is 1.35 bits per heavy atom. The Balaban J connectivity index is 2.67. The van der Waals surface area contributed by atoms with Crippen LogP contribution in [0.25, 0.3) is 0 Å². The van der Waals surface area contributed by atoms with Crippen LogP contribution in [0.5, 0.6) is 0 Å². The lowest BCUT2D eigenvalue weighted by Gasteiger charge is -2.10. The molecule has 0 radical (unpaired) electrons. The molecular weight excluding hydrogens is 216 g/mol. The summed E-state index contributed by atoms with van der Waals surface area (Å²) in [5.74, 6) is 0.749. The lowest BCUT2D eigenvalue weighted by Crippen LogP contribution is -2.28. The molecule has 0 atom stereocenters. The van der Waals surface area contributed by atoms with Crippen LogP contribution in [-0.4, -0.2) is 28.5 Å². The van der Waals surface area contributed by atoms with E-state index in [0.717, 1.165) is 0 Å². The van der Waals surface area contributed by atoms with Gasteiger partial charge in [0.15, 0.2) is 0 Å². The van der Waals surface area contributed by atoms with E-state index in [1.807, 2.05) is 27.7 Å². The fraction of sp³-hybridized carbons (Fsp3) is 0.583. The highest BCUT2D eigenvalue weighted by Gasteiger charge is 2.09. The number of amides is 1. The van der Waals surface area contributed by atoms with Crippen LogP contribution in [0, 0.1) is 5.92 Å². The minimum Gasteiger partial charge on any atom is -0.352 e. The molecule has 0 unspecified atom stereocenters. The van der Waals surface area contributed by atoms with Gasteiger partial charge in [0.1, 0.15) is 5.69 Å². The van der Waals surface area contributed by atoms with E-state index in [9.17, 15) is 4.79 Å². The second-order valence-electron chi connectivity index (χ2n) is 4.67. The third kappa shape index (κ3) is 4.80. The average Bonchev–Trinajstić information content (AvgIpc) is 2.25. The number of anilines is 1. The Morgan fingerprint density at radius 3 is 2.65 bits per heavy atom. The van der Waals surface area contributed by atoms with Crippen molar-refractivity contribution in [2.75, 3.05) is 11.9 Å². The minimum absolute atomic E-state index is 0.159. The van der Waals surface area contributed by atoms with Gasteiger partial charge < -0.3 is 10.6 Å². The number of rotatable bonds is 5. The minimum atomic E-state index is -0.159. The number of nitrogens with zero attached hydrogens (tertiary/aromatic N) is 2. The van der Waals surface area contributed by atoms with Crippen LogP contribution in [0.4, 0.5) is 5.95 Å². The van der Waals surface area contributed by atoms with Crippen molar-refractivity contribution in [3.05, 3.63) is 18.0 Å². The Labute approximate surface area is 102 Å². The normalized spacial score (nSPS) is 10.7. The highest BCUT2D eigenvalue weighted by molar-refractivity contribution is 5.92. The van der Waals surface area contributed by atoms with Gasteiger partial charge >= 0.3 is 0 Å². The van der Waals surface area contributed by atoms with Crippen LogP contribution in [-0.2, 0) is 0 Å². The summed E-state index contributed by atoms with van der Waals surface area (Å²) in [6.07, 6.45) is 1.59. The monoisotopic (exact) mass is 236 g/mol. The SMILES string of the molecule is CC(C)CNC(=O)c1ccnc(NC(C)C)n1. The lowest BCUT2D eigenvalue weighted by molar-refractivity contribution is 0.0944. The van der Waals surface area contributed by atoms with Crippen molar-refractivity contribution in [3.63, 3.8) is 0 Å². The summed E-state index contributed by atoms with van der Waals surface area (Å²) >= 11 is 0. The van der Waals surface area contributed by atoms with Gasteiger partial charge in [-0.25, -0.2) is 9.97 Å². The maximum absolute atomic E-state index is 11.8. The molecular formula is C12H20N4O. The highest BCUT2D eigenvalue weighted by Crippen LogP contribution is 2.02. The zero-order valence-corrected chi connectivity index (χ0v) is 10.8. The molecule has 0 fully saturated rings. The first-order valence-corrected chi connectivity index (χ1v) is 5.87. The maximum atomic E-state index is 11.8. The molecule has 1 amide bonds. The number of hydrogen-bond acceptors (Lipinski definition) is 4. The molecule has 5 heteroatoms. The first kappa shape index (κ1) is 13.4. The smallest absolute Gasteiger partial charge is 0.270 e. The van der Waals surface area contributed by atoms with E-state index in [2.05, 4.69) is 20.6 Å². The molecule has 1 aromatic rings. The standard InChI is InChI=1S/C12H20N4O/c1-8(2)7-14-11(17)10-5-6-13-12(16-10)15-9(3)4/h5-6,8-9H,7H2,1-4H3,(H,14,17)(H,13,15,16). The van der Waals surface area contributed by atoms with Gasteiger partial charge in [0, 0.05) is 18.8 Å². The van der Waals surface area contributed by atoms with Gasteiger partial charge in [0.2, 0.25) is 5.95 Å². The molecule has 0 saturated carbocycles. The average molecular weight is 236 g/mol. The van der Waals surface area contributed by atoms with Crippen LogP contribution in [0.3, 0.4) is 0 Å². The van der Waals surface area contributed by atoms with Gasteiger partial charge in [-0.2, -0.15) is 0 Å². The molecule has 94 valence electrons. The molecule has 0 aromatic carbocycles. The number of hydrogen-bond donors (Lipinski definition) is 2. The fourth-order valence-electron chi connectivity index (χ4n) is 1.20. The Hall–Kier alpha value is -1.65. The molecule has 0 aliphatic rings. The van der Waals surface area contributed by atoms with Gasteiger partial charge in [0.05, 0.1) is 0 Å². The van der Waals surface area contributed by atoms with Crippen molar-refractivity contribution >= 4 is 11.9 Å². The van der Waals surface area contributed by atoms with E-state index in [1.165, 1.54) is 0 Å². The van der Waals surface area contributed by atoms with Gasteiger partial charge in [-0.05, 0) is 25.8 Å². The number of aromatic nitrogens is 2. The Morgan fingerprint density at radius 2 is 2.06 bits per heavy atom. The molecule has 0 bridgehead atoms. The van der Waals surface area contributed by atoms with Crippen molar-refractivity contribution in [1.29, 1.82) is 0 Å². The molecule has 5 nitrogen and oxygen atoms in total. The van der Waals surface area contributed by atoms with E-state index in [4.69, 9.17) is 0 Å². The van der Waals surface area contributed by atoms with Gasteiger partial charge in [-0.15, -0.1) is 0 Å². The van der Waals surface area contributed by atoms with Crippen LogP contribution >= 0.6 is 0 Å². The molecule has 0 aliphatic carbocycles. The quantitative estimate of drug-likeness (QED) is 0.816. The summed E-state index contributed by atoms with van der Waals surface area (Å²) in [6, 6.07) is 1.85. The maximum Gasteiger partial charge on any atom is 0.270 e. The lowest BCUT2D eigenvalue weighted by atomic mass is 10.2. The summed E-state index contributed by atoms with van der Waals surface area (Å²) in [6.45, 7) is 8.73. The molecule has 2 N–H and O–H groups in total. The largest absolute Gasteiger partial charge is 0.352 e. The molecule has 0 spiro atoms. The zero-order valence-electron chi connectivity index (χ0n) is 10.8.